The third-order valence-corrected chi connectivity index (χ3v) is 17.4. The number of rotatable bonds is 4. The van der Waals surface area contributed by atoms with Gasteiger partial charge in [-0.05, 0) is 18.6 Å². The zero-order valence-corrected chi connectivity index (χ0v) is 16.0. The largest absolute Gasteiger partial charge is 0.481 e. The Morgan fingerprint density at radius 3 is 1.83 bits per heavy atom. The SMILES string of the molecule is C[Si](C)(C)C(CN1[Si](C)(C)CC[Si]1(C)C)C(=O)O. The third kappa shape index (κ3) is 3.34. The molecule has 1 atom stereocenters. The minimum absolute atomic E-state index is 0.117. The summed E-state index contributed by atoms with van der Waals surface area (Å²) in [5, 5.41) is 9.55. The van der Waals surface area contributed by atoms with Gasteiger partial charge in [-0.15, -0.1) is 0 Å². The van der Waals surface area contributed by atoms with Crippen LogP contribution in [0.4, 0.5) is 0 Å². The Bertz CT molecular complexity index is 321. The van der Waals surface area contributed by atoms with Crippen molar-refractivity contribution >= 4 is 30.5 Å². The fourth-order valence-corrected chi connectivity index (χ4v) is 19.0. The van der Waals surface area contributed by atoms with Gasteiger partial charge >= 0.3 is 5.97 Å². The van der Waals surface area contributed by atoms with Crippen molar-refractivity contribution < 1.29 is 9.90 Å². The molecule has 1 N–H and O–H groups in total. The van der Waals surface area contributed by atoms with Crippen molar-refractivity contribution in [3.8, 4) is 0 Å². The van der Waals surface area contributed by atoms with Gasteiger partial charge in [0.1, 0.15) is 16.5 Å². The molecule has 1 aliphatic heterocycles. The molecule has 0 amide bonds. The zero-order chi connectivity index (χ0) is 14.4. The van der Waals surface area contributed by atoms with E-state index in [9.17, 15) is 9.90 Å². The van der Waals surface area contributed by atoms with E-state index in [2.05, 4.69) is 50.1 Å². The first-order valence-corrected chi connectivity index (χ1v) is 16.8. The first kappa shape index (κ1) is 16.1. The monoisotopic (exact) mass is 303 g/mol. The molecule has 0 aromatic rings. The number of hydrogen-bond acceptors (Lipinski definition) is 2. The van der Waals surface area contributed by atoms with Crippen LogP contribution in [-0.4, -0.2) is 46.4 Å². The molecular formula is C12H29NO2Si3. The van der Waals surface area contributed by atoms with Gasteiger partial charge in [0.15, 0.2) is 0 Å². The lowest BCUT2D eigenvalue weighted by atomic mass is 10.4. The van der Waals surface area contributed by atoms with Crippen LogP contribution in [0.25, 0.3) is 0 Å². The van der Waals surface area contributed by atoms with Crippen LogP contribution in [0.5, 0.6) is 0 Å². The number of carboxylic acid groups (broad SMARTS) is 1. The standard InChI is InChI=1S/C12H29NO2Si3/c1-16(2,3)11(12(14)15)10-13-17(4,5)8-9-18(13,6)7/h11H,8-10H2,1-7H3,(H,14,15). The summed E-state index contributed by atoms with van der Waals surface area (Å²) in [5.41, 5.74) is -0.117. The number of nitrogens with zero attached hydrogens (tertiary/aromatic N) is 1. The number of carboxylic acids is 1. The molecule has 1 rings (SSSR count). The highest BCUT2D eigenvalue weighted by atomic mass is 28.4. The Labute approximate surface area is 115 Å². The number of aliphatic carboxylic acids is 1. The van der Waals surface area contributed by atoms with E-state index in [0.717, 1.165) is 6.54 Å². The minimum atomic E-state index is -1.64. The van der Waals surface area contributed by atoms with Crippen LogP contribution in [0.2, 0.25) is 63.5 Å². The highest BCUT2D eigenvalue weighted by Crippen LogP contribution is 2.39. The van der Waals surface area contributed by atoms with Crippen LogP contribution in [-0.2, 0) is 4.79 Å². The molecule has 1 fully saturated rings. The van der Waals surface area contributed by atoms with E-state index in [1.807, 2.05) is 0 Å². The maximum atomic E-state index is 11.6. The Hall–Kier alpha value is 0.0806. The van der Waals surface area contributed by atoms with Gasteiger partial charge in [-0.2, -0.15) is 0 Å². The predicted octanol–water partition coefficient (Wildman–Crippen LogP) is 3.51. The second-order valence-electron chi connectivity index (χ2n) is 7.99. The van der Waals surface area contributed by atoms with E-state index >= 15 is 0 Å². The Morgan fingerprint density at radius 1 is 1.17 bits per heavy atom. The second-order valence-corrected chi connectivity index (χ2v) is 23.2. The maximum Gasteiger partial charge on any atom is 0.304 e. The van der Waals surface area contributed by atoms with Crippen molar-refractivity contribution in [3.05, 3.63) is 0 Å². The van der Waals surface area contributed by atoms with Gasteiger partial charge in [0, 0.05) is 0 Å². The summed E-state index contributed by atoms with van der Waals surface area (Å²) >= 11 is 0. The molecule has 0 aliphatic carbocycles. The molecule has 6 heteroatoms. The lowest BCUT2D eigenvalue weighted by molar-refractivity contribution is -0.137. The molecule has 0 saturated carbocycles. The molecule has 106 valence electrons. The Kier molecular flexibility index (Phi) is 4.38. The topological polar surface area (TPSA) is 40.5 Å². The van der Waals surface area contributed by atoms with Crippen LogP contribution < -0.4 is 0 Å². The van der Waals surface area contributed by atoms with Crippen LogP contribution in [0.15, 0.2) is 0 Å². The van der Waals surface area contributed by atoms with Crippen molar-refractivity contribution in [2.24, 2.45) is 0 Å². The third-order valence-electron chi connectivity index (χ3n) is 4.52. The molecular weight excluding hydrogens is 274 g/mol. The van der Waals surface area contributed by atoms with Gasteiger partial charge in [-0.1, -0.05) is 45.8 Å². The predicted molar refractivity (Wildman–Crippen MR) is 86.0 cm³/mol. The summed E-state index contributed by atoms with van der Waals surface area (Å²) < 4.78 is 2.71. The quantitative estimate of drug-likeness (QED) is 0.808. The zero-order valence-electron chi connectivity index (χ0n) is 13.0. The molecule has 0 spiro atoms. The summed E-state index contributed by atoms with van der Waals surface area (Å²) in [6.45, 7) is 17.0. The van der Waals surface area contributed by atoms with Crippen LogP contribution in [0, 0.1) is 0 Å². The average Bonchev–Trinajstić information content (AvgIpc) is 2.31. The molecule has 18 heavy (non-hydrogen) atoms. The first-order chi connectivity index (χ1) is 7.88. The number of hydrogen-bond donors (Lipinski definition) is 1. The van der Waals surface area contributed by atoms with Crippen LogP contribution in [0.1, 0.15) is 0 Å². The van der Waals surface area contributed by atoms with Gasteiger partial charge < -0.3 is 9.34 Å². The van der Waals surface area contributed by atoms with Crippen molar-refractivity contribution in [2.45, 2.75) is 63.5 Å². The van der Waals surface area contributed by atoms with Gasteiger partial charge in [-0.25, -0.2) is 0 Å². The molecule has 0 aromatic carbocycles. The summed E-state index contributed by atoms with van der Waals surface area (Å²) in [7, 11) is -4.32. The van der Waals surface area contributed by atoms with E-state index in [4.69, 9.17) is 0 Å². The highest BCUT2D eigenvalue weighted by molar-refractivity contribution is 6.95. The van der Waals surface area contributed by atoms with Gasteiger partial charge in [-0.3, -0.25) is 4.79 Å². The molecule has 1 saturated heterocycles. The van der Waals surface area contributed by atoms with Crippen molar-refractivity contribution in [1.29, 1.82) is 0 Å². The van der Waals surface area contributed by atoms with Crippen LogP contribution >= 0.6 is 0 Å². The first-order valence-electron chi connectivity index (χ1n) is 6.88. The summed E-state index contributed by atoms with van der Waals surface area (Å²) in [5.74, 6) is -0.573. The molecule has 0 aromatic heterocycles. The van der Waals surface area contributed by atoms with E-state index in [1.54, 1.807) is 0 Å². The fraction of sp³-hybridized carbons (Fsp3) is 0.917. The fourth-order valence-electron chi connectivity index (χ4n) is 3.10. The highest BCUT2D eigenvalue weighted by Gasteiger charge is 2.49. The average molecular weight is 304 g/mol. The van der Waals surface area contributed by atoms with Crippen molar-refractivity contribution in [3.63, 3.8) is 0 Å². The molecule has 0 radical (unpaired) electrons. The molecule has 1 heterocycles. The van der Waals surface area contributed by atoms with E-state index in [1.165, 1.54) is 12.1 Å². The van der Waals surface area contributed by atoms with Gasteiger partial charge in [0.05, 0.1) is 13.6 Å². The lowest BCUT2D eigenvalue weighted by Crippen LogP contribution is -2.58. The lowest BCUT2D eigenvalue weighted by Gasteiger charge is -2.42. The molecule has 1 unspecified atom stereocenters. The second kappa shape index (κ2) is 4.88. The molecule has 0 bridgehead atoms. The maximum absolute atomic E-state index is 11.6. The van der Waals surface area contributed by atoms with Gasteiger partial charge in [0.2, 0.25) is 0 Å². The normalized spacial score (nSPS) is 25.1. The summed E-state index contributed by atoms with van der Waals surface area (Å²) in [6.07, 6.45) is 0. The van der Waals surface area contributed by atoms with Crippen molar-refractivity contribution in [1.82, 2.24) is 4.23 Å². The minimum Gasteiger partial charge on any atom is -0.481 e. The smallest absolute Gasteiger partial charge is 0.304 e. The molecule has 3 nitrogen and oxygen atoms in total. The van der Waals surface area contributed by atoms with Crippen LogP contribution in [0.3, 0.4) is 0 Å². The van der Waals surface area contributed by atoms with E-state index in [0.29, 0.717) is 0 Å². The Balaban J connectivity index is 2.96. The Morgan fingerprint density at radius 2 is 1.56 bits per heavy atom. The number of carbonyl (C=O) groups is 1. The van der Waals surface area contributed by atoms with Gasteiger partial charge in [0.25, 0.3) is 0 Å². The summed E-state index contributed by atoms with van der Waals surface area (Å²) in [6, 6.07) is 2.70. The van der Waals surface area contributed by atoms with E-state index < -0.39 is 30.5 Å². The van der Waals surface area contributed by atoms with Crippen molar-refractivity contribution in [2.75, 3.05) is 6.54 Å². The van der Waals surface area contributed by atoms with E-state index in [-0.39, 0.29) is 5.54 Å². The summed E-state index contributed by atoms with van der Waals surface area (Å²) in [4.78, 5) is 11.6. The molecule has 1 aliphatic rings.